The Hall–Kier alpha value is -4.44. The molecule has 0 unspecified atom stereocenters. The normalized spacial score (nSPS) is 12.1. The van der Waals surface area contributed by atoms with Gasteiger partial charge in [0.2, 0.25) is 5.95 Å². The third-order valence-electron chi connectivity index (χ3n) is 8.09. The number of nitrogens with one attached hydrogen (secondary N) is 2. The largest absolute Gasteiger partial charge is 0.494 e. The molecule has 2 N–H and O–H groups in total. The van der Waals surface area contributed by atoms with E-state index in [0.717, 1.165) is 83.1 Å². The summed E-state index contributed by atoms with van der Waals surface area (Å²) < 4.78 is 7.49. The molecule has 0 aliphatic heterocycles. The predicted octanol–water partition coefficient (Wildman–Crippen LogP) is 5.10. The average molecular weight is 583 g/mol. The van der Waals surface area contributed by atoms with Gasteiger partial charge < -0.3 is 25.2 Å². The number of rotatable bonds is 11. The summed E-state index contributed by atoms with van der Waals surface area (Å²) in [6.45, 7) is 6.05. The molecule has 0 saturated heterocycles. The molecule has 43 heavy (non-hydrogen) atoms. The number of fused-ring (bicyclic) bond motifs is 3. The zero-order valence-electron chi connectivity index (χ0n) is 26.3. The molecule has 0 atom stereocenters. The molecule has 10 heteroatoms. The smallest absolute Gasteiger partial charge is 0.276 e. The highest BCUT2D eigenvalue weighted by atomic mass is 16.5. The maximum Gasteiger partial charge on any atom is 0.276 e. The van der Waals surface area contributed by atoms with E-state index in [1.54, 1.807) is 11.8 Å². The van der Waals surface area contributed by atoms with Gasteiger partial charge in [-0.25, -0.2) is 9.97 Å². The highest BCUT2D eigenvalue weighted by Crippen LogP contribution is 2.36. The fourth-order valence-electron chi connectivity index (χ4n) is 5.59. The van der Waals surface area contributed by atoms with Gasteiger partial charge in [0.1, 0.15) is 5.75 Å². The zero-order chi connectivity index (χ0) is 30.7. The Kier molecular flexibility index (Phi) is 8.96. The SMILES string of the molecule is CCc1cccc(CC)c1NC(=O)c1nn(C)c2c1CCc1cnc(Nc3ccc(N(C)CCN(C)C)cc3OC)nc1-2. The highest BCUT2D eigenvalue weighted by molar-refractivity contribution is 6.06. The quantitative estimate of drug-likeness (QED) is 0.252. The van der Waals surface area contributed by atoms with Crippen molar-refractivity contribution in [2.75, 3.05) is 56.9 Å². The Morgan fingerprint density at radius 1 is 1.05 bits per heavy atom. The van der Waals surface area contributed by atoms with Gasteiger partial charge in [-0.2, -0.15) is 5.10 Å². The fraction of sp³-hybridized carbons (Fsp3) is 0.394. The Bertz CT molecular complexity index is 1610. The lowest BCUT2D eigenvalue weighted by molar-refractivity contribution is 0.102. The van der Waals surface area contributed by atoms with E-state index in [9.17, 15) is 4.79 Å². The van der Waals surface area contributed by atoms with Gasteiger partial charge in [0.15, 0.2) is 5.69 Å². The van der Waals surface area contributed by atoms with Crippen molar-refractivity contribution in [3.05, 3.63) is 70.5 Å². The van der Waals surface area contributed by atoms with Gasteiger partial charge in [-0.05, 0) is 68.6 Å². The minimum atomic E-state index is -0.191. The van der Waals surface area contributed by atoms with Crippen molar-refractivity contribution in [3.63, 3.8) is 0 Å². The number of aromatic nitrogens is 4. The molecule has 2 aromatic heterocycles. The number of nitrogens with zero attached hydrogens (tertiary/aromatic N) is 6. The van der Waals surface area contributed by atoms with Crippen molar-refractivity contribution < 1.29 is 9.53 Å². The minimum Gasteiger partial charge on any atom is -0.494 e. The number of benzene rings is 2. The van der Waals surface area contributed by atoms with Crippen LogP contribution >= 0.6 is 0 Å². The minimum absolute atomic E-state index is 0.191. The van der Waals surface area contributed by atoms with E-state index < -0.39 is 0 Å². The van der Waals surface area contributed by atoms with Crippen LogP contribution in [-0.4, -0.2) is 71.9 Å². The van der Waals surface area contributed by atoms with Crippen LogP contribution in [0, 0.1) is 0 Å². The molecule has 0 fully saturated rings. The molecule has 0 saturated carbocycles. The van der Waals surface area contributed by atoms with Crippen LogP contribution in [0.25, 0.3) is 11.4 Å². The number of likely N-dealkylation sites (N-methyl/N-ethyl adjacent to an activating group) is 2. The summed E-state index contributed by atoms with van der Waals surface area (Å²) in [6, 6.07) is 12.2. The van der Waals surface area contributed by atoms with E-state index >= 15 is 0 Å². The number of hydrogen-bond acceptors (Lipinski definition) is 8. The lowest BCUT2D eigenvalue weighted by Crippen LogP contribution is -2.28. The summed E-state index contributed by atoms with van der Waals surface area (Å²) >= 11 is 0. The van der Waals surface area contributed by atoms with E-state index in [4.69, 9.17) is 9.72 Å². The average Bonchev–Trinajstić information content (AvgIpc) is 3.36. The number of carbonyl (C=O) groups is 1. The summed E-state index contributed by atoms with van der Waals surface area (Å²) in [5, 5.41) is 11.2. The number of methoxy groups -OCH3 is 1. The first-order chi connectivity index (χ1) is 20.7. The number of hydrogen-bond donors (Lipinski definition) is 2. The van der Waals surface area contributed by atoms with Crippen molar-refractivity contribution in [3.8, 4) is 17.1 Å². The highest BCUT2D eigenvalue weighted by Gasteiger charge is 2.29. The number of aryl methyl sites for hydroxylation is 4. The van der Waals surface area contributed by atoms with Crippen LogP contribution in [0.1, 0.15) is 46.6 Å². The molecular weight excluding hydrogens is 540 g/mol. The van der Waals surface area contributed by atoms with Gasteiger partial charge in [-0.3, -0.25) is 9.48 Å². The molecule has 10 nitrogen and oxygen atoms in total. The lowest BCUT2D eigenvalue weighted by Gasteiger charge is -2.23. The summed E-state index contributed by atoms with van der Waals surface area (Å²) in [6.07, 6.45) is 4.97. The Morgan fingerprint density at radius 2 is 1.79 bits per heavy atom. The first-order valence-electron chi connectivity index (χ1n) is 14.9. The third kappa shape index (κ3) is 6.19. The van der Waals surface area contributed by atoms with Crippen LogP contribution in [0.2, 0.25) is 0 Å². The molecule has 0 bridgehead atoms. The summed E-state index contributed by atoms with van der Waals surface area (Å²) in [5.41, 5.74) is 8.99. The summed E-state index contributed by atoms with van der Waals surface area (Å²) in [7, 11) is 9.74. The zero-order valence-corrected chi connectivity index (χ0v) is 26.3. The summed E-state index contributed by atoms with van der Waals surface area (Å²) in [5.74, 6) is 0.966. The molecule has 1 amide bonds. The van der Waals surface area contributed by atoms with Crippen LogP contribution in [0.15, 0.2) is 42.6 Å². The fourth-order valence-corrected chi connectivity index (χ4v) is 5.59. The van der Waals surface area contributed by atoms with Crippen LogP contribution in [0.5, 0.6) is 5.75 Å². The van der Waals surface area contributed by atoms with E-state index in [2.05, 4.69) is 83.7 Å². The molecule has 0 radical (unpaired) electrons. The molecule has 5 rings (SSSR count). The van der Waals surface area contributed by atoms with Crippen LogP contribution in [0.3, 0.4) is 0 Å². The molecular formula is C33H42N8O2. The van der Waals surface area contributed by atoms with Gasteiger partial charge in [0, 0.05) is 56.4 Å². The number of para-hydroxylation sites is 1. The van der Waals surface area contributed by atoms with Gasteiger partial charge in [0.25, 0.3) is 5.91 Å². The van der Waals surface area contributed by atoms with Crippen molar-refractivity contribution >= 4 is 28.9 Å². The van der Waals surface area contributed by atoms with Gasteiger partial charge in [-0.1, -0.05) is 32.0 Å². The Morgan fingerprint density at radius 3 is 2.47 bits per heavy atom. The monoisotopic (exact) mass is 582 g/mol. The Labute approximate surface area is 254 Å². The van der Waals surface area contributed by atoms with Crippen molar-refractivity contribution in [2.24, 2.45) is 7.05 Å². The number of amides is 1. The van der Waals surface area contributed by atoms with E-state index in [1.807, 2.05) is 31.4 Å². The van der Waals surface area contributed by atoms with Crippen LogP contribution in [0.4, 0.5) is 23.0 Å². The second kappa shape index (κ2) is 12.8. The van der Waals surface area contributed by atoms with Crippen molar-refractivity contribution in [2.45, 2.75) is 39.5 Å². The number of anilines is 4. The number of carbonyl (C=O) groups excluding carboxylic acids is 1. The van der Waals surface area contributed by atoms with E-state index in [-0.39, 0.29) is 5.91 Å². The van der Waals surface area contributed by atoms with Crippen LogP contribution in [-0.2, 0) is 32.7 Å². The molecule has 1 aliphatic carbocycles. The molecule has 1 aliphatic rings. The standard InChI is InChI=1S/C33H42N8O2/c1-8-21-11-10-12-22(9-2)28(21)36-32(42)30-25-15-13-23-20-34-33(37-29(23)31(25)41(6)38-30)35-26-16-14-24(19-27(26)43-7)40(5)18-17-39(3)4/h10-12,14,16,19-20H,8-9,13,15,17-18H2,1-7H3,(H,36,42)(H,34,35,37). The summed E-state index contributed by atoms with van der Waals surface area (Å²) in [4.78, 5) is 27.5. The second-order valence-corrected chi connectivity index (χ2v) is 11.2. The maximum atomic E-state index is 13.6. The van der Waals surface area contributed by atoms with Gasteiger partial charge in [-0.15, -0.1) is 0 Å². The van der Waals surface area contributed by atoms with Crippen LogP contribution < -0.4 is 20.3 Å². The molecule has 226 valence electrons. The van der Waals surface area contributed by atoms with Gasteiger partial charge >= 0.3 is 0 Å². The van der Waals surface area contributed by atoms with E-state index in [1.165, 1.54) is 0 Å². The topological polar surface area (TPSA) is 100 Å². The first kappa shape index (κ1) is 30.0. The molecule has 0 spiro atoms. The lowest BCUT2D eigenvalue weighted by atomic mass is 9.93. The third-order valence-corrected chi connectivity index (χ3v) is 8.09. The predicted molar refractivity (Wildman–Crippen MR) is 173 cm³/mol. The molecule has 2 heterocycles. The van der Waals surface area contributed by atoms with Crippen molar-refractivity contribution in [1.82, 2.24) is 24.6 Å². The Balaban J connectivity index is 1.42. The number of ether oxygens (including phenoxy) is 1. The molecule has 4 aromatic rings. The molecule has 2 aromatic carbocycles. The maximum absolute atomic E-state index is 13.6. The van der Waals surface area contributed by atoms with E-state index in [0.29, 0.717) is 23.8 Å². The second-order valence-electron chi connectivity index (χ2n) is 11.2. The first-order valence-corrected chi connectivity index (χ1v) is 14.9. The van der Waals surface area contributed by atoms with Gasteiger partial charge in [0.05, 0.1) is 24.2 Å². The van der Waals surface area contributed by atoms with Crippen molar-refractivity contribution in [1.29, 1.82) is 0 Å².